The Morgan fingerprint density at radius 3 is 2.64 bits per heavy atom. The summed E-state index contributed by atoms with van der Waals surface area (Å²) in [7, 11) is -2.68. The Balaban J connectivity index is 2.09. The van der Waals surface area contributed by atoms with Crippen molar-refractivity contribution < 1.29 is 8.42 Å². The molecule has 1 atom stereocenters. The van der Waals surface area contributed by atoms with E-state index in [1.165, 1.54) is 0 Å². The summed E-state index contributed by atoms with van der Waals surface area (Å²) in [6, 6.07) is 0. The molecule has 1 aliphatic rings. The second-order valence-electron chi connectivity index (χ2n) is 4.66. The van der Waals surface area contributed by atoms with Crippen LogP contribution < -0.4 is 5.32 Å². The molecule has 0 bridgehead atoms. The molecule has 4 heteroatoms. The van der Waals surface area contributed by atoms with E-state index in [0.29, 0.717) is 23.3 Å². The Labute approximate surface area is 87.2 Å². The van der Waals surface area contributed by atoms with Crippen LogP contribution in [-0.4, -0.2) is 33.0 Å². The van der Waals surface area contributed by atoms with Gasteiger partial charge in [-0.3, -0.25) is 0 Å². The molecule has 1 rings (SSSR count). The molecule has 0 spiro atoms. The molecule has 0 aliphatic carbocycles. The summed E-state index contributed by atoms with van der Waals surface area (Å²) in [4.78, 5) is 0. The first-order valence-electron chi connectivity index (χ1n) is 5.41. The molecule has 3 nitrogen and oxygen atoms in total. The van der Waals surface area contributed by atoms with Gasteiger partial charge in [-0.25, -0.2) is 8.42 Å². The van der Waals surface area contributed by atoms with Crippen molar-refractivity contribution in [2.75, 3.05) is 24.6 Å². The average Bonchev–Trinajstić information content (AvgIpc) is 2.39. The maximum atomic E-state index is 11.2. The van der Waals surface area contributed by atoms with Crippen molar-refractivity contribution >= 4 is 9.84 Å². The highest BCUT2D eigenvalue weighted by molar-refractivity contribution is 7.91. The first-order valence-corrected chi connectivity index (χ1v) is 7.23. The van der Waals surface area contributed by atoms with Gasteiger partial charge in [0.25, 0.3) is 0 Å². The summed E-state index contributed by atoms with van der Waals surface area (Å²) in [6.45, 7) is 6.33. The van der Waals surface area contributed by atoms with Gasteiger partial charge in [0.15, 0.2) is 9.84 Å². The molecule has 1 aliphatic heterocycles. The lowest BCUT2D eigenvalue weighted by Gasteiger charge is -2.10. The van der Waals surface area contributed by atoms with Crippen molar-refractivity contribution in [3.63, 3.8) is 0 Å². The second kappa shape index (κ2) is 5.12. The molecule has 0 saturated carbocycles. The van der Waals surface area contributed by atoms with Crippen LogP contribution in [0.4, 0.5) is 0 Å². The molecule has 0 radical (unpaired) electrons. The van der Waals surface area contributed by atoms with Gasteiger partial charge in [-0.2, -0.15) is 0 Å². The monoisotopic (exact) mass is 219 g/mol. The van der Waals surface area contributed by atoms with Crippen LogP contribution in [0.15, 0.2) is 0 Å². The summed E-state index contributed by atoms with van der Waals surface area (Å²) >= 11 is 0. The average molecular weight is 219 g/mol. The standard InChI is InChI=1S/C10H21NO2S/c1-9(2)7-11-5-3-10-4-6-14(12,13)8-10/h9-11H,3-8H2,1-2H3. The summed E-state index contributed by atoms with van der Waals surface area (Å²) in [5.74, 6) is 1.89. The van der Waals surface area contributed by atoms with Gasteiger partial charge in [0.1, 0.15) is 0 Å². The van der Waals surface area contributed by atoms with Crippen LogP contribution in [0, 0.1) is 11.8 Å². The van der Waals surface area contributed by atoms with Crippen molar-refractivity contribution in [3.05, 3.63) is 0 Å². The Morgan fingerprint density at radius 2 is 2.14 bits per heavy atom. The van der Waals surface area contributed by atoms with E-state index in [4.69, 9.17) is 0 Å². The van der Waals surface area contributed by atoms with Crippen LogP contribution in [0.25, 0.3) is 0 Å². The summed E-state index contributed by atoms with van der Waals surface area (Å²) in [6.07, 6.45) is 1.87. The molecule has 0 aromatic rings. The van der Waals surface area contributed by atoms with Gasteiger partial charge < -0.3 is 5.32 Å². The van der Waals surface area contributed by atoms with Crippen LogP contribution >= 0.6 is 0 Å². The van der Waals surface area contributed by atoms with Crippen molar-refractivity contribution in [2.45, 2.75) is 26.7 Å². The molecule has 0 amide bonds. The van der Waals surface area contributed by atoms with E-state index in [1.807, 2.05) is 0 Å². The van der Waals surface area contributed by atoms with Gasteiger partial charge in [0, 0.05) is 0 Å². The van der Waals surface area contributed by atoms with Crippen molar-refractivity contribution in [1.29, 1.82) is 0 Å². The number of nitrogens with one attached hydrogen (secondary N) is 1. The molecule has 14 heavy (non-hydrogen) atoms. The second-order valence-corrected chi connectivity index (χ2v) is 6.88. The van der Waals surface area contributed by atoms with Gasteiger partial charge in [0.2, 0.25) is 0 Å². The zero-order valence-electron chi connectivity index (χ0n) is 9.12. The van der Waals surface area contributed by atoms with Crippen molar-refractivity contribution in [1.82, 2.24) is 5.32 Å². The van der Waals surface area contributed by atoms with Crippen LogP contribution in [0.2, 0.25) is 0 Å². The minimum atomic E-state index is -2.68. The van der Waals surface area contributed by atoms with E-state index in [0.717, 1.165) is 25.9 Å². The highest BCUT2D eigenvalue weighted by Crippen LogP contribution is 2.20. The van der Waals surface area contributed by atoms with E-state index >= 15 is 0 Å². The zero-order chi connectivity index (χ0) is 10.6. The van der Waals surface area contributed by atoms with E-state index in [1.54, 1.807) is 0 Å². The highest BCUT2D eigenvalue weighted by Gasteiger charge is 2.26. The highest BCUT2D eigenvalue weighted by atomic mass is 32.2. The third kappa shape index (κ3) is 4.42. The van der Waals surface area contributed by atoms with E-state index in [-0.39, 0.29) is 0 Å². The van der Waals surface area contributed by atoms with Crippen molar-refractivity contribution in [2.24, 2.45) is 11.8 Å². The summed E-state index contributed by atoms with van der Waals surface area (Å²) < 4.78 is 22.3. The number of rotatable bonds is 5. The van der Waals surface area contributed by atoms with Crippen LogP contribution in [0.3, 0.4) is 0 Å². The fraction of sp³-hybridized carbons (Fsp3) is 1.00. The van der Waals surface area contributed by atoms with Crippen LogP contribution in [-0.2, 0) is 9.84 Å². The maximum Gasteiger partial charge on any atom is 0.150 e. The number of hydrogen-bond donors (Lipinski definition) is 1. The predicted molar refractivity (Wildman–Crippen MR) is 59.1 cm³/mol. The third-order valence-electron chi connectivity index (χ3n) is 2.61. The number of sulfone groups is 1. The fourth-order valence-electron chi connectivity index (χ4n) is 1.80. The predicted octanol–water partition coefficient (Wildman–Crippen LogP) is 1.06. The Morgan fingerprint density at radius 1 is 1.43 bits per heavy atom. The minimum Gasteiger partial charge on any atom is -0.316 e. The maximum absolute atomic E-state index is 11.2. The first kappa shape index (κ1) is 12.0. The van der Waals surface area contributed by atoms with Crippen molar-refractivity contribution in [3.8, 4) is 0 Å². The van der Waals surface area contributed by atoms with E-state index in [9.17, 15) is 8.42 Å². The SMILES string of the molecule is CC(C)CNCCC1CCS(=O)(=O)C1. The number of hydrogen-bond acceptors (Lipinski definition) is 3. The molecule has 1 fully saturated rings. The lowest BCUT2D eigenvalue weighted by Crippen LogP contribution is -2.22. The quantitative estimate of drug-likeness (QED) is 0.703. The molecular weight excluding hydrogens is 198 g/mol. The molecule has 0 aromatic heterocycles. The Kier molecular flexibility index (Phi) is 4.38. The summed E-state index contributed by atoms with van der Waals surface area (Å²) in [5.41, 5.74) is 0. The Hall–Kier alpha value is -0.0900. The van der Waals surface area contributed by atoms with Gasteiger partial charge in [-0.05, 0) is 37.8 Å². The molecular formula is C10H21NO2S. The smallest absolute Gasteiger partial charge is 0.150 e. The first-order chi connectivity index (χ1) is 6.49. The molecule has 1 heterocycles. The van der Waals surface area contributed by atoms with Gasteiger partial charge >= 0.3 is 0 Å². The molecule has 84 valence electrons. The molecule has 0 aromatic carbocycles. The topological polar surface area (TPSA) is 46.2 Å². The van der Waals surface area contributed by atoms with Gasteiger partial charge in [0.05, 0.1) is 11.5 Å². The fourth-order valence-corrected chi connectivity index (χ4v) is 3.71. The summed E-state index contributed by atoms with van der Waals surface area (Å²) in [5, 5.41) is 3.34. The molecule has 1 unspecified atom stereocenters. The van der Waals surface area contributed by atoms with Crippen LogP contribution in [0.5, 0.6) is 0 Å². The largest absolute Gasteiger partial charge is 0.316 e. The normalized spacial score (nSPS) is 25.8. The minimum absolute atomic E-state index is 0.402. The van der Waals surface area contributed by atoms with Gasteiger partial charge in [-0.15, -0.1) is 0 Å². The van der Waals surface area contributed by atoms with Gasteiger partial charge in [-0.1, -0.05) is 13.8 Å². The van der Waals surface area contributed by atoms with E-state index in [2.05, 4.69) is 19.2 Å². The molecule has 1 saturated heterocycles. The lowest BCUT2D eigenvalue weighted by molar-refractivity contribution is 0.481. The molecule has 1 N–H and O–H groups in total. The third-order valence-corrected chi connectivity index (χ3v) is 4.45. The zero-order valence-corrected chi connectivity index (χ0v) is 9.94. The van der Waals surface area contributed by atoms with E-state index < -0.39 is 9.84 Å². The van der Waals surface area contributed by atoms with Crippen LogP contribution in [0.1, 0.15) is 26.7 Å². The lowest BCUT2D eigenvalue weighted by atomic mass is 10.1. The Bertz CT molecular complexity index is 259.